The van der Waals surface area contributed by atoms with Crippen LogP contribution in [0.1, 0.15) is 50.1 Å². The van der Waals surface area contributed by atoms with Gasteiger partial charge in [0.1, 0.15) is 0 Å². The lowest BCUT2D eigenvalue weighted by atomic mass is 10.1. The van der Waals surface area contributed by atoms with Gasteiger partial charge in [-0.05, 0) is 37.7 Å². The smallest absolute Gasteiger partial charge is 0.0684 e. The SMILES string of the molecule is CCn1nc(C(C)C)c2c1CCC2. The van der Waals surface area contributed by atoms with Crippen LogP contribution in [0.2, 0.25) is 0 Å². The molecule has 0 spiro atoms. The zero-order valence-corrected chi connectivity index (χ0v) is 8.80. The van der Waals surface area contributed by atoms with Crippen LogP contribution in [-0.4, -0.2) is 9.78 Å². The number of aryl methyl sites for hydroxylation is 1. The van der Waals surface area contributed by atoms with E-state index in [0.29, 0.717) is 5.92 Å². The highest BCUT2D eigenvalue weighted by Gasteiger charge is 2.22. The van der Waals surface area contributed by atoms with Crippen molar-refractivity contribution in [2.24, 2.45) is 0 Å². The summed E-state index contributed by atoms with van der Waals surface area (Å²) >= 11 is 0. The average Bonchev–Trinajstić information content (AvgIpc) is 2.61. The Balaban J connectivity index is 2.48. The summed E-state index contributed by atoms with van der Waals surface area (Å²) in [5.41, 5.74) is 4.40. The predicted molar refractivity (Wildman–Crippen MR) is 54.0 cm³/mol. The van der Waals surface area contributed by atoms with Gasteiger partial charge in [-0.15, -0.1) is 0 Å². The van der Waals surface area contributed by atoms with Crippen LogP contribution in [0.3, 0.4) is 0 Å². The highest BCUT2D eigenvalue weighted by atomic mass is 15.3. The first-order chi connectivity index (χ1) is 6.24. The summed E-state index contributed by atoms with van der Waals surface area (Å²) in [5.74, 6) is 0.583. The molecule has 1 aromatic heterocycles. The highest BCUT2D eigenvalue weighted by Crippen LogP contribution is 2.29. The summed E-state index contributed by atoms with van der Waals surface area (Å²) in [6.45, 7) is 7.67. The molecule has 0 bridgehead atoms. The molecule has 72 valence electrons. The summed E-state index contributed by atoms with van der Waals surface area (Å²) in [4.78, 5) is 0. The van der Waals surface area contributed by atoms with Gasteiger partial charge in [0, 0.05) is 12.2 Å². The highest BCUT2D eigenvalue weighted by molar-refractivity contribution is 5.32. The normalized spacial score (nSPS) is 15.4. The second-order valence-electron chi connectivity index (χ2n) is 4.13. The van der Waals surface area contributed by atoms with Crippen molar-refractivity contribution in [1.29, 1.82) is 0 Å². The molecule has 0 unspecified atom stereocenters. The maximum absolute atomic E-state index is 4.67. The van der Waals surface area contributed by atoms with E-state index in [1.54, 1.807) is 5.56 Å². The van der Waals surface area contributed by atoms with E-state index in [9.17, 15) is 0 Å². The quantitative estimate of drug-likeness (QED) is 0.680. The minimum atomic E-state index is 0.583. The van der Waals surface area contributed by atoms with E-state index >= 15 is 0 Å². The molecule has 2 nitrogen and oxygen atoms in total. The van der Waals surface area contributed by atoms with Crippen molar-refractivity contribution >= 4 is 0 Å². The lowest BCUT2D eigenvalue weighted by Gasteiger charge is -2.02. The van der Waals surface area contributed by atoms with Crippen LogP contribution >= 0.6 is 0 Å². The first-order valence-corrected chi connectivity index (χ1v) is 5.32. The monoisotopic (exact) mass is 178 g/mol. The molecule has 0 aromatic carbocycles. The van der Waals surface area contributed by atoms with E-state index in [-0.39, 0.29) is 0 Å². The van der Waals surface area contributed by atoms with Crippen molar-refractivity contribution in [3.63, 3.8) is 0 Å². The Morgan fingerprint density at radius 2 is 2.15 bits per heavy atom. The molecule has 0 atom stereocenters. The maximum Gasteiger partial charge on any atom is 0.0684 e. The van der Waals surface area contributed by atoms with Gasteiger partial charge in [-0.3, -0.25) is 4.68 Å². The minimum absolute atomic E-state index is 0.583. The van der Waals surface area contributed by atoms with Gasteiger partial charge in [0.05, 0.1) is 5.69 Å². The third-order valence-electron chi connectivity index (χ3n) is 2.88. The Hall–Kier alpha value is -0.790. The van der Waals surface area contributed by atoms with Gasteiger partial charge in [0.25, 0.3) is 0 Å². The molecule has 0 saturated carbocycles. The Labute approximate surface area is 80.0 Å². The molecule has 1 aliphatic carbocycles. The van der Waals surface area contributed by atoms with E-state index in [0.717, 1.165) is 6.54 Å². The average molecular weight is 178 g/mol. The summed E-state index contributed by atoms with van der Waals surface area (Å²) in [6.07, 6.45) is 3.82. The second-order valence-corrected chi connectivity index (χ2v) is 4.13. The first-order valence-electron chi connectivity index (χ1n) is 5.32. The lowest BCUT2D eigenvalue weighted by Crippen LogP contribution is -2.02. The molecule has 0 fully saturated rings. The van der Waals surface area contributed by atoms with Crippen LogP contribution in [0, 0.1) is 0 Å². The van der Waals surface area contributed by atoms with E-state index in [2.05, 4.69) is 30.6 Å². The molecule has 0 aliphatic heterocycles. The van der Waals surface area contributed by atoms with Crippen molar-refractivity contribution in [2.45, 2.75) is 52.5 Å². The van der Waals surface area contributed by atoms with Gasteiger partial charge in [-0.25, -0.2) is 0 Å². The van der Waals surface area contributed by atoms with Gasteiger partial charge in [0.15, 0.2) is 0 Å². The van der Waals surface area contributed by atoms with Gasteiger partial charge >= 0.3 is 0 Å². The van der Waals surface area contributed by atoms with Gasteiger partial charge < -0.3 is 0 Å². The van der Waals surface area contributed by atoms with E-state index in [1.807, 2.05) is 0 Å². The van der Waals surface area contributed by atoms with E-state index in [4.69, 9.17) is 0 Å². The molecule has 13 heavy (non-hydrogen) atoms. The molecule has 0 N–H and O–H groups in total. The van der Waals surface area contributed by atoms with Gasteiger partial charge in [-0.2, -0.15) is 5.10 Å². The topological polar surface area (TPSA) is 17.8 Å². The molecule has 1 aromatic rings. The van der Waals surface area contributed by atoms with Crippen molar-refractivity contribution in [3.8, 4) is 0 Å². The summed E-state index contributed by atoms with van der Waals surface area (Å²) in [7, 11) is 0. The molecule has 2 heteroatoms. The molecule has 2 rings (SSSR count). The van der Waals surface area contributed by atoms with Crippen LogP contribution in [-0.2, 0) is 19.4 Å². The van der Waals surface area contributed by atoms with Crippen molar-refractivity contribution in [2.75, 3.05) is 0 Å². The Kier molecular flexibility index (Phi) is 2.14. The van der Waals surface area contributed by atoms with Crippen LogP contribution in [0.5, 0.6) is 0 Å². The third kappa shape index (κ3) is 1.28. The molecule has 1 heterocycles. The Morgan fingerprint density at radius 3 is 2.77 bits per heavy atom. The maximum atomic E-state index is 4.67. The predicted octanol–water partition coefficient (Wildman–Crippen LogP) is 2.52. The Morgan fingerprint density at radius 1 is 1.38 bits per heavy atom. The van der Waals surface area contributed by atoms with Crippen molar-refractivity contribution in [3.05, 3.63) is 17.0 Å². The van der Waals surface area contributed by atoms with Gasteiger partial charge in [-0.1, -0.05) is 13.8 Å². The lowest BCUT2D eigenvalue weighted by molar-refractivity contribution is 0.602. The number of nitrogens with zero attached hydrogens (tertiary/aromatic N) is 2. The zero-order chi connectivity index (χ0) is 9.42. The number of aromatic nitrogens is 2. The number of hydrogen-bond donors (Lipinski definition) is 0. The van der Waals surface area contributed by atoms with Crippen LogP contribution in [0.4, 0.5) is 0 Å². The molecule has 0 radical (unpaired) electrons. The minimum Gasteiger partial charge on any atom is -0.269 e. The largest absolute Gasteiger partial charge is 0.269 e. The zero-order valence-electron chi connectivity index (χ0n) is 8.80. The fourth-order valence-electron chi connectivity index (χ4n) is 2.26. The molecular weight excluding hydrogens is 160 g/mol. The first kappa shape index (κ1) is 8.79. The number of hydrogen-bond acceptors (Lipinski definition) is 1. The summed E-state index contributed by atoms with van der Waals surface area (Å²) < 4.78 is 2.19. The number of fused-ring (bicyclic) bond motifs is 1. The fourth-order valence-corrected chi connectivity index (χ4v) is 2.26. The standard InChI is InChI=1S/C11H18N2/c1-4-13-10-7-5-6-9(10)11(12-13)8(2)3/h8H,4-7H2,1-3H3. The summed E-state index contributed by atoms with van der Waals surface area (Å²) in [5, 5.41) is 4.67. The van der Waals surface area contributed by atoms with Crippen molar-refractivity contribution < 1.29 is 0 Å². The molecule has 0 amide bonds. The molecular formula is C11H18N2. The fraction of sp³-hybridized carbons (Fsp3) is 0.727. The molecule has 1 aliphatic rings. The van der Waals surface area contributed by atoms with Crippen molar-refractivity contribution in [1.82, 2.24) is 9.78 Å². The molecule has 0 saturated heterocycles. The second kappa shape index (κ2) is 3.17. The number of rotatable bonds is 2. The summed E-state index contributed by atoms with van der Waals surface area (Å²) in [6, 6.07) is 0. The van der Waals surface area contributed by atoms with E-state index in [1.165, 1.54) is 30.7 Å². The third-order valence-corrected chi connectivity index (χ3v) is 2.88. The van der Waals surface area contributed by atoms with Crippen LogP contribution in [0.15, 0.2) is 0 Å². The van der Waals surface area contributed by atoms with Crippen LogP contribution < -0.4 is 0 Å². The Bertz CT molecular complexity index is 310. The van der Waals surface area contributed by atoms with Gasteiger partial charge in [0.2, 0.25) is 0 Å². The van der Waals surface area contributed by atoms with E-state index < -0.39 is 0 Å². The van der Waals surface area contributed by atoms with Crippen LogP contribution in [0.25, 0.3) is 0 Å².